The monoisotopic (exact) mass is 323 g/mol. The second-order valence-corrected chi connectivity index (χ2v) is 7.75. The van der Waals surface area contributed by atoms with Crippen LogP contribution >= 0.6 is 0 Å². The Balaban J connectivity index is 1.68. The molecule has 0 aliphatic heterocycles. The third kappa shape index (κ3) is 3.02. The fraction of sp³-hybridized carbons (Fsp3) is 0.533. The highest BCUT2D eigenvalue weighted by atomic mass is 32.2. The molecule has 22 heavy (non-hydrogen) atoms. The van der Waals surface area contributed by atoms with Crippen molar-refractivity contribution in [1.29, 1.82) is 0 Å². The number of hydrogen-bond acceptors (Lipinski definition) is 4. The molecule has 4 N–H and O–H groups in total. The van der Waals surface area contributed by atoms with E-state index in [0.29, 0.717) is 17.5 Å². The standard InChI is InChI=1S/C15H21N3O3S/c16-7-8-17-22(20,21)11-4-1-3-10(9-11)18-15(19)14-12-5-2-6-13(12)14/h1,3-4,9,12-14,17H,2,5-8,16H2,(H,18,19). The van der Waals surface area contributed by atoms with Crippen molar-refractivity contribution < 1.29 is 13.2 Å². The SMILES string of the molecule is NCCNS(=O)(=O)c1cccc(NC(=O)C2C3CCCC32)c1. The van der Waals surface area contributed by atoms with Crippen molar-refractivity contribution in [2.24, 2.45) is 23.5 Å². The number of carbonyl (C=O) groups is 1. The van der Waals surface area contributed by atoms with Crippen molar-refractivity contribution in [2.75, 3.05) is 18.4 Å². The lowest BCUT2D eigenvalue weighted by molar-refractivity contribution is -0.118. The number of carbonyl (C=O) groups excluding carboxylic acids is 1. The van der Waals surface area contributed by atoms with Crippen LogP contribution < -0.4 is 15.8 Å². The number of nitrogens with two attached hydrogens (primary N) is 1. The number of anilines is 1. The first-order chi connectivity index (χ1) is 10.5. The van der Waals surface area contributed by atoms with Crippen molar-refractivity contribution in [1.82, 2.24) is 4.72 Å². The summed E-state index contributed by atoms with van der Waals surface area (Å²) in [5, 5.41) is 2.85. The average molecular weight is 323 g/mol. The van der Waals surface area contributed by atoms with E-state index in [9.17, 15) is 13.2 Å². The highest BCUT2D eigenvalue weighted by molar-refractivity contribution is 7.89. The van der Waals surface area contributed by atoms with Crippen LogP contribution in [0.3, 0.4) is 0 Å². The molecule has 2 saturated carbocycles. The number of sulfonamides is 1. The molecule has 1 amide bonds. The zero-order valence-electron chi connectivity index (χ0n) is 12.3. The van der Waals surface area contributed by atoms with Crippen molar-refractivity contribution in [3.8, 4) is 0 Å². The Morgan fingerprint density at radius 2 is 2.00 bits per heavy atom. The molecule has 0 saturated heterocycles. The Morgan fingerprint density at radius 3 is 2.68 bits per heavy atom. The summed E-state index contributed by atoms with van der Waals surface area (Å²) >= 11 is 0. The van der Waals surface area contributed by atoms with Crippen molar-refractivity contribution >= 4 is 21.6 Å². The molecule has 0 bridgehead atoms. The third-order valence-electron chi connectivity index (χ3n) is 4.56. The quantitative estimate of drug-likeness (QED) is 0.724. The van der Waals surface area contributed by atoms with Gasteiger partial charge in [-0.2, -0.15) is 0 Å². The summed E-state index contributed by atoms with van der Waals surface area (Å²) in [5.74, 6) is 1.21. The van der Waals surface area contributed by atoms with Gasteiger partial charge < -0.3 is 11.1 Å². The van der Waals surface area contributed by atoms with Gasteiger partial charge in [0.05, 0.1) is 4.90 Å². The molecule has 2 unspecified atom stereocenters. The van der Waals surface area contributed by atoms with Gasteiger partial charge >= 0.3 is 0 Å². The Morgan fingerprint density at radius 1 is 1.27 bits per heavy atom. The zero-order valence-corrected chi connectivity index (χ0v) is 13.1. The molecule has 1 aromatic rings. The lowest BCUT2D eigenvalue weighted by Gasteiger charge is -2.09. The maximum Gasteiger partial charge on any atom is 0.240 e. The van der Waals surface area contributed by atoms with Crippen LogP contribution in [0.25, 0.3) is 0 Å². The van der Waals surface area contributed by atoms with Crippen LogP contribution in [0.2, 0.25) is 0 Å². The van der Waals surface area contributed by atoms with E-state index in [0.717, 1.165) is 12.8 Å². The van der Waals surface area contributed by atoms with E-state index in [1.165, 1.54) is 18.6 Å². The molecule has 6 nitrogen and oxygen atoms in total. The van der Waals surface area contributed by atoms with Crippen molar-refractivity contribution in [2.45, 2.75) is 24.2 Å². The molecule has 0 radical (unpaired) electrons. The highest BCUT2D eigenvalue weighted by Crippen LogP contribution is 2.57. The Hall–Kier alpha value is -1.44. The summed E-state index contributed by atoms with van der Waals surface area (Å²) < 4.78 is 26.5. The summed E-state index contributed by atoms with van der Waals surface area (Å²) in [6, 6.07) is 6.31. The molecule has 2 aliphatic rings. The molecule has 1 aromatic carbocycles. The van der Waals surface area contributed by atoms with Crippen LogP contribution in [-0.4, -0.2) is 27.4 Å². The van der Waals surface area contributed by atoms with Crippen molar-refractivity contribution in [3.05, 3.63) is 24.3 Å². The van der Waals surface area contributed by atoms with Crippen molar-refractivity contribution in [3.63, 3.8) is 0 Å². The smallest absolute Gasteiger partial charge is 0.240 e. The van der Waals surface area contributed by atoms with Gasteiger partial charge in [-0.25, -0.2) is 13.1 Å². The molecule has 120 valence electrons. The summed E-state index contributed by atoms with van der Waals surface area (Å²) in [5.41, 5.74) is 5.83. The summed E-state index contributed by atoms with van der Waals surface area (Å²) in [6.07, 6.45) is 3.50. The fourth-order valence-corrected chi connectivity index (χ4v) is 4.55. The predicted molar refractivity (Wildman–Crippen MR) is 83.6 cm³/mol. The predicted octanol–water partition coefficient (Wildman–Crippen LogP) is 0.908. The number of rotatable bonds is 6. The van der Waals surface area contributed by atoms with Gasteiger partial charge in [0.2, 0.25) is 15.9 Å². The third-order valence-corrected chi connectivity index (χ3v) is 6.02. The Labute approximate surface area is 130 Å². The van der Waals surface area contributed by atoms with Crippen LogP contribution in [0.15, 0.2) is 29.2 Å². The van der Waals surface area contributed by atoms with E-state index >= 15 is 0 Å². The molecule has 3 rings (SSSR count). The van der Waals surface area contributed by atoms with Crippen LogP contribution in [0.5, 0.6) is 0 Å². The summed E-state index contributed by atoms with van der Waals surface area (Å²) in [6.45, 7) is 0.421. The Bertz CT molecular complexity index is 664. The largest absolute Gasteiger partial charge is 0.329 e. The number of hydrogen-bond donors (Lipinski definition) is 3. The molecule has 7 heteroatoms. The van der Waals surface area contributed by atoms with E-state index in [1.54, 1.807) is 12.1 Å². The second-order valence-electron chi connectivity index (χ2n) is 5.99. The van der Waals surface area contributed by atoms with Gasteiger partial charge in [-0.3, -0.25) is 4.79 Å². The number of nitrogens with one attached hydrogen (secondary N) is 2. The van der Waals surface area contributed by atoms with Gasteiger partial charge in [-0.1, -0.05) is 12.5 Å². The lowest BCUT2D eigenvalue weighted by Crippen LogP contribution is -2.29. The minimum Gasteiger partial charge on any atom is -0.329 e. The first-order valence-electron chi connectivity index (χ1n) is 7.63. The molecule has 0 spiro atoms. The Kier molecular flexibility index (Phi) is 4.20. The molecule has 2 atom stereocenters. The van der Waals surface area contributed by atoms with E-state index in [2.05, 4.69) is 10.0 Å². The lowest BCUT2D eigenvalue weighted by atomic mass is 10.1. The number of amides is 1. The molecular weight excluding hydrogens is 302 g/mol. The van der Waals surface area contributed by atoms with Crippen LogP contribution in [0.4, 0.5) is 5.69 Å². The normalized spacial score (nSPS) is 26.5. The van der Waals surface area contributed by atoms with Crippen LogP contribution in [0, 0.1) is 17.8 Å². The molecule has 0 heterocycles. The van der Waals surface area contributed by atoms with E-state index in [1.807, 2.05) is 0 Å². The number of benzene rings is 1. The van der Waals surface area contributed by atoms with Gasteiger partial charge in [0.1, 0.15) is 0 Å². The van der Waals surface area contributed by atoms with E-state index in [-0.39, 0.29) is 29.8 Å². The topological polar surface area (TPSA) is 101 Å². The second kappa shape index (κ2) is 5.98. The molecule has 0 aromatic heterocycles. The highest BCUT2D eigenvalue weighted by Gasteiger charge is 2.56. The fourth-order valence-electron chi connectivity index (χ4n) is 3.45. The molecule has 2 fully saturated rings. The van der Waals surface area contributed by atoms with Gasteiger partial charge in [-0.15, -0.1) is 0 Å². The first-order valence-corrected chi connectivity index (χ1v) is 9.12. The minimum atomic E-state index is -3.58. The van der Waals surface area contributed by atoms with Gasteiger partial charge in [0, 0.05) is 24.7 Å². The summed E-state index contributed by atoms with van der Waals surface area (Å²) in [7, 11) is -3.58. The maximum absolute atomic E-state index is 12.2. The van der Waals surface area contributed by atoms with E-state index in [4.69, 9.17) is 5.73 Å². The van der Waals surface area contributed by atoms with Crippen LogP contribution in [0.1, 0.15) is 19.3 Å². The van der Waals surface area contributed by atoms with E-state index < -0.39 is 10.0 Å². The minimum absolute atomic E-state index is 0.0131. The van der Waals surface area contributed by atoms with Gasteiger partial charge in [-0.05, 0) is 42.9 Å². The first kappa shape index (κ1) is 15.5. The summed E-state index contributed by atoms with van der Waals surface area (Å²) in [4.78, 5) is 12.4. The average Bonchev–Trinajstić information content (AvgIpc) is 2.99. The molecular formula is C15H21N3O3S. The zero-order chi connectivity index (χ0) is 15.7. The number of fused-ring (bicyclic) bond motifs is 1. The molecule has 2 aliphatic carbocycles. The van der Waals surface area contributed by atoms with Crippen LogP contribution in [-0.2, 0) is 14.8 Å². The maximum atomic E-state index is 12.2. The van der Waals surface area contributed by atoms with Gasteiger partial charge in [0.15, 0.2) is 0 Å². The van der Waals surface area contributed by atoms with Gasteiger partial charge in [0.25, 0.3) is 0 Å².